The van der Waals surface area contributed by atoms with Crippen LogP contribution in [0.3, 0.4) is 0 Å². The number of benzene rings is 1. The number of aromatic nitrogens is 3. The van der Waals surface area contributed by atoms with Gasteiger partial charge in [0.25, 0.3) is 0 Å². The van der Waals surface area contributed by atoms with Crippen molar-refractivity contribution >= 4 is 17.5 Å². The van der Waals surface area contributed by atoms with Gasteiger partial charge in [-0.2, -0.15) is 0 Å². The molecular formula is C18H20ClFN4O. The Morgan fingerprint density at radius 3 is 2.92 bits per heavy atom. The molecule has 25 heavy (non-hydrogen) atoms. The lowest BCUT2D eigenvalue weighted by Gasteiger charge is -2.17. The summed E-state index contributed by atoms with van der Waals surface area (Å²) in [5.41, 5.74) is 1.48. The lowest BCUT2D eigenvalue weighted by Crippen LogP contribution is -2.29. The average molecular weight is 363 g/mol. The minimum atomic E-state index is -0.352. The van der Waals surface area contributed by atoms with E-state index in [-0.39, 0.29) is 24.2 Å². The second-order valence-corrected chi connectivity index (χ2v) is 7.29. The van der Waals surface area contributed by atoms with Crippen LogP contribution < -0.4 is 0 Å². The lowest BCUT2D eigenvalue weighted by molar-refractivity contribution is -0.130. The number of hydrogen-bond donors (Lipinski definition) is 0. The first-order chi connectivity index (χ1) is 12.1. The van der Waals surface area contributed by atoms with Gasteiger partial charge in [-0.3, -0.25) is 4.79 Å². The summed E-state index contributed by atoms with van der Waals surface area (Å²) < 4.78 is 15.7. The van der Waals surface area contributed by atoms with Crippen LogP contribution in [0.25, 0.3) is 0 Å². The van der Waals surface area contributed by atoms with E-state index < -0.39 is 0 Å². The summed E-state index contributed by atoms with van der Waals surface area (Å²) in [7, 11) is 0. The zero-order valence-corrected chi connectivity index (χ0v) is 14.6. The van der Waals surface area contributed by atoms with Gasteiger partial charge in [0.15, 0.2) is 0 Å². The van der Waals surface area contributed by atoms with Crippen LogP contribution >= 0.6 is 11.6 Å². The van der Waals surface area contributed by atoms with Gasteiger partial charge in [0.1, 0.15) is 5.82 Å². The number of amides is 1. The summed E-state index contributed by atoms with van der Waals surface area (Å²) in [5.74, 6) is 0.262. The molecule has 0 N–H and O–H groups in total. The zero-order chi connectivity index (χ0) is 17.4. The number of rotatable bonds is 5. The molecule has 1 amide bonds. The van der Waals surface area contributed by atoms with E-state index in [1.165, 1.54) is 18.9 Å². The van der Waals surface area contributed by atoms with Crippen LogP contribution in [0.2, 0.25) is 5.02 Å². The first kappa shape index (κ1) is 16.5. The summed E-state index contributed by atoms with van der Waals surface area (Å²) in [6.45, 7) is 1.34. The molecule has 1 unspecified atom stereocenters. The fourth-order valence-corrected chi connectivity index (χ4v) is 3.64. The molecular weight excluding hydrogens is 343 g/mol. The van der Waals surface area contributed by atoms with Crippen molar-refractivity contribution in [3.8, 4) is 0 Å². The predicted molar refractivity (Wildman–Crippen MR) is 92.0 cm³/mol. The fraction of sp³-hybridized carbons (Fsp3) is 0.500. The van der Waals surface area contributed by atoms with Crippen LogP contribution in [0.15, 0.2) is 24.4 Å². The third-order valence-electron chi connectivity index (χ3n) is 5.06. The van der Waals surface area contributed by atoms with E-state index in [0.29, 0.717) is 36.0 Å². The minimum Gasteiger partial charge on any atom is -0.340 e. The maximum absolute atomic E-state index is 13.8. The summed E-state index contributed by atoms with van der Waals surface area (Å²) in [5, 5.41) is 8.85. The molecule has 1 atom stereocenters. The molecule has 2 heterocycles. The molecule has 2 aliphatic rings. The normalized spacial score (nSPS) is 20.2. The van der Waals surface area contributed by atoms with Crippen molar-refractivity contribution in [2.45, 2.75) is 44.1 Å². The Morgan fingerprint density at radius 2 is 2.16 bits per heavy atom. The van der Waals surface area contributed by atoms with E-state index in [9.17, 15) is 9.18 Å². The number of likely N-dealkylation sites (tertiary alicyclic amines) is 1. The molecule has 2 fully saturated rings. The lowest BCUT2D eigenvalue weighted by atomic mass is 10.1. The maximum Gasteiger partial charge on any atom is 0.222 e. The number of carbonyl (C=O) groups excluding carboxylic acids is 1. The van der Waals surface area contributed by atoms with E-state index in [0.717, 1.165) is 12.1 Å². The standard InChI is InChI=1S/C18H20ClFN4O/c19-15-2-1-3-16(20)14(15)6-7-18(25)23-9-8-13(10-23)24-11-17(21-22-24)12-4-5-12/h1-3,11-13H,4-10H2. The smallest absolute Gasteiger partial charge is 0.222 e. The van der Waals surface area contributed by atoms with Crippen LogP contribution in [0.4, 0.5) is 4.39 Å². The molecule has 1 aromatic carbocycles. The molecule has 7 heteroatoms. The van der Waals surface area contributed by atoms with Crippen LogP contribution in [0, 0.1) is 5.82 Å². The van der Waals surface area contributed by atoms with E-state index in [4.69, 9.17) is 11.6 Å². The molecule has 1 saturated heterocycles. The van der Waals surface area contributed by atoms with Crippen molar-refractivity contribution < 1.29 is 9.18 Å². The first-order valence-electron chi connectivity index (χ1n) is 8.74. The predicted octanol–water partition coefficient (Wildman–Crippen LogP) is 3.35. The fourth-order valence-electron chi connectivity index (χ4n) is 3.38. The number of hydrogen-bond acceptors (Lipinski definition) is 3. The van der Waals surface area contributed by atoms with E-state index in [1.54, 1.807) is 12.1 Å². The topological polar surface area (TPSA) is 51.0 Å². The third-order valence-corrected chi connectivity index (χ3v) is 5.42. The molecule has 1 aliphatic heterocycles. The van der Waals surface area contributed by atoms with Gasteiger partial charge in [-0.15, -0.1) is 5.10 Å². The Bertz CT molecular complexity index is 769. The molecule has 1 aliphatic carbocycles. The highest BCUT2D eigenvalue weighted by Gasteiger charge is 2.31. The van der Waals surface area contributed by atoms with Crippen molar-refractivity contribution in [1.29, 1.82) is 0 Å². The average Bonchev–Trinajstić information content (AvgIpc) is 3.12. The van der Waals surface area contributed by atoms with Crippen molar-refractivity contribution in [3.05, 3.63) is 46.5 Å². The van der Waals surface area contributed by atoms with Crippen LogP contribution in [-0.4, -0.2) is 38.9 Å². The number of nitrogens with zero attached hydrogens (tertiary/aromatic N) is 4. The molecule has 0 bridgehead atoms. The van der Waals surface area contributed by atoms with Gasteiger partial charge >= 0.3 is 0 Å². The molecule has 132 valence electrons. The number of carbonyl (C=O) groups is 1. The Kier molecular flexibility index (Phi) is 4.46. The van der Waals surface area contributed by atoms with Crippen LogP contribution in [0.5, 0.6) is 0 Å². The van der Waals surface area contributed by atoms with Gasteiger partial charge in [-0.1, -0.05) is 22.9 Å². The van der Waals surface area contributed by atoms with Gasteiger partial charge in [0, 0.05) is 42.2 Å². The molecule has 1 aromatic heterocycles. The molecule has 1 saturated carbocycles. The Balaban J connectivity index is 1.34. The van der Waals surface area contributed by atoms with Gasteiger partial charge in [-0.05, 0) is 37.8 Å². The van der Waals surface area contributed by atoms with Gasteiger partial charge < -0.3 is 4.90 Å². The van der Waals surface area contributed by atoms with Crippen molar-refractivity contribution in [3.63, 3.8) is 0 Å². The van der Waals surface area contributed by atoms with Gasteiger partial charge in [0.2, 0.25) is 5.91 Å². The zero-order valence-electron chi connectivity index (χ0n) is 13.9. The van der Waals surface area contributed by atoms with E-state index in [1.807, 2.05) is 15.8 Å². The van der Waals surface area contributed by atoms with Crippen LogP contribution in [0.1, 0.15) is 48.9 Å². The third kappa shape index (κ3) is 3.54. The molecule has 4 rings (SSSR count). The minimum absolute atomic E-state index is 0.0318. The van der Waals surface area contributed by atoms with E-state index >= 15 is 0 Å². The van der Waals surface area contributed by atoms with Gasteiger partial charge in [-0.25, -0.2) is 9.07 Å². The monoisotopic (exact) mass is 362 g/mol. The SMILES string of the molecule is O=C(CCc1c(F)cccc1Cl)N1CCC(n2cc(C3CC3)nn2)C1. The quantitative estimate of drug-likeness (QED) is 0.819. The molecule has 2 aromatic rings. The summed E-state index contributed by atoms with van der Waals surface area (Å²) >= 11 is 6.03. The molecule has 5 nitrogen and oxygen atoms in total. The van der Waals surface area contributed by atoms with Crippen molar-refractivity contribution in [2.75, 3.05) is 13.1 Å². The Labute approximate surface area is 150 Å². The Hall–Kier alpha value is -1.95. The summed E-state index contributed by atoms with van der Waals surface area (Å²) in [6, 6.07) is 4.78. The second-order valence-electron chi connectivity index (χ2n) is 6.88. The van der Waals surface area contributed by atoms with E-state index in [2.05, 4.69) is 10.3 Å². The Morgan fingerprint density at radius 1 is 1.32 bits per heavy atom. The maximum atomic E-state index is 13.8. The number of halogens is 2. The first-order valence-corrected chi connectivity index (χ1v) is 9.12. The summed E-state index contributed by atoms with van der Waals surface area (Å²) in [4.78, 5) is 14.3. The highest BCUT2D eigenvalue weighted by atomic mass is 35.5. The highest BCUT2D eigenvalue weighted by molar-refractivity contribution is 6.31. The largest absolute Gasteiger partial charge is 0.340 e. The van der Waals surface area contributed by atoms with Crippen molar-refractivity contribution in [2.24, 2.45) is 0 Å². The van der Waals surface area contributed by atoms with Crippen LogP contribution in [-0.2, 0) is 11.2 Å². The summed E-state index contributed by atoms with van der Waals surface area (Å²) in [6.07, 6.45) is 5.88. The molecule has 0 radical (unpaired) electrons. The molecule has 0 spiro atoms. The second kappa shape index (κ2) is 6.75. The van der Waals surface area contributed by atoms with Gasteiger partial charge in [0.05, 0.1) is 11.7 Å². The van der Waals surface area contributed by atoms with Crippen molar-refractivity contribution in [1.82, 2.24) is 19.9 Å². The highest BCUT2D eigenvalue weighted by Crippen LogP contribution is 2.39.